The standard InChI is InChI=1S/C23H30N4O3/c1-17-5-4-12-26(15-17)16-19-8-6-18(7-9-19)14-24-23(28)21-13-20(27(29)30)10-11-22(21)25(2)3/h6-11,13,17H,4-5,12,14-16H2,1-3H3,(H,24,28). The van der Waals surface area contributed by atoms with Crippen molar-refractivity contribution in [3.05, 3.63) is 69.3 Å². The van der Waals surface area contributed by atoms with Crippen molar-refractivity contribution >= 4 is 17.3 Å². The largest absolute Gasteiger partial charge is 0.377 e. The number of amides is 1. The summed E-state index contributed by atoms with van der Waals surface area (Å²) < 4.78 is 0. The van der Waals surface area contributed by atoms with E-state index in [2.05, 4.69) is 29.3 Å². The Bertz CT molecular complexity index is 896. The van der Waals surface area contributed by atoms with Crippen LogP contribution in [0.1, 0.15) is 41.3 Å². The molecule has 7 nitrogen and oxygen atoms in total. The van der Waals surface area contributed by atoms with Crippen LogP contribution in [0.2, 0.25) is 0 Å². The third kappa shape index (κ3) is 5.57. The van der Waals surface area contributed by atoms with Crippen LogP contribution in [0.15, 0.2) is 42.5 Å². The van der Waals surface area contributed by atoms with Gasteiger partial charge >= 0.3 is 0 Å². The number of nitrogens with one attached hydrogen (secondary N) is 1. The summed E-state index contributed by atoms with van der Waals surface area (Å²) in [7, 11) is 3.61. The number of hydrogen-bond acceptors (Lipinski definition) is 5. The molecule has 1 amide bonds. The maximum atomic E-state index is 12.7. The summed E-state index contributed by atoms with van der Waals surface area (Å²) in [5, 5.41) is 14.0. The van der Waals surface area contributed by atoms with Gasteiger partial charge in [-0.15, -0.1) is 0 Å². The van der Waals surface area contributed by atoms with Crippen LogP contribution in [0.5, 0.6) is 0 Å². The van der Waals surface area contributed by atoms with Crippen molar-refractivity contribution in [2.45, 2.75) is 32.9 Å². The Kier molecular flexibility index (Phi) is 7.05. The lowest BCUT2D eigenvalue weighted by molar-refractivity contribution is -0.384. The van der Waals surface area contributed by atoms with Crippen LogP contribution in [0, 0.1) is 16.0 Å². The molecule has 1 heterocycles. The molecule has 2 aromatic carbocycles. The van der Waals surface area contributed by atoms with E-state index in [1.807, 2.05) is 12.1 Å². The van der Waals surface area contributed by atoms with Gasteiger partial charge in [0.2, 0.25) is 0 Å². The van der Waals surface area contributed by atoms with Gasteiger partial charge in [-0.3, -0.25) is 19.8 Å². The highest BCUT2D eigenvalue weighted by atomic mass is 16.6. The van der Waals surface area contributed by atoms with Gasteiger partial charge in [-0.2, -0.15) is 0 Å². The molecule has 1 saturated heterocycles. The van der Waals surface area contributed by atoms with Crippen molar-refractivity contribution in [3.63, 3.8) is 0 Å². The number of hydrogen-bond donors (Lipinski definition) is 1. The molecule has 0 radical (unpaired) electrons. The molecule has 160 valence electrons. The molecule has 1 fully saturated rings. The number of piperidine rings is 1. The minimum Gasteiger partial charge on any atom is -0.377 e. The minimum absolute atomic E-state index is 0.0952. The molecule has 30 heavy (non-hydrogen) atoms. The van der Waals surface area contributed by atoms with Gasteiger partial charge in [-0.1, -0.05) is 31.2 Å². The van der Waals surface area contributed by atoms with Gasteiger partial charge in [0.15, 0.2) is 0 Å². The Balaban J connectivity index is 1.62. The maximum absolute atomic E-state index is 12.7. The van der Waals surface area contributed by atoms with E-state index < -0.39 is 4.92 Å². The van der Waals surface area contributed by atoms with E-state index in [1.54, 1.807) is 25.1 Å². The predicted molar refractivity (Wildman–Crippen MR) is 119 cm³/mol. The van der Waals surface area contributed by atoms with Crippen LogP contribution >= 0.6 is 0 Å². The molecule has 1 unspecified atom stereocenters. The van der Waals surface area contributed by atoms with E-state index in [0.29, 0.717) is 17.8 Å². The second-order valence-corrected chi connectivity index (χ2v) is 8.33. The predicted octanol–water partition coefficient (Wildman–Crippen LogP) is 3.82. The lowest BCUT2D eigenvalue weighted by Gasteiger charge is -2.30. The number of nitrogens with zero attached hydrogens (tertiary/aromatic N) is 3. The SMILES string of the molecule is CC1CCCN(Cc2ccc(CNC(=O)c3cc([N+](=O)[O-])ccc3N(C)C)cc2)C1. The summed E-state index contributed by atoms with van der Waals surface area (Å²) in [5.41, 5.74) is 3.11. The molecular weight excluding hydrogens is 380 g/mol. The number of non-ortho nitro benzene ring substituents is 1. The normalized spacial score (nSPS) is 16.8. The molecule has 0 spiro atoms. The highest BCUT2D eigenvalue weighted by Gasteiger charge is 2.18. The van der Waals surface area contributed by atoms with Crippen molar-refractivity contribution < 1.29 is 9.72 Å². The summed E-state index contributed by atoms with van der Waals surface area (Å²) in [6.07, 6.45) is 2.58. The molecule has 2 aromatic rings. The van der Waals surface area contributed by atoms with Crippen LogP contribution in [0.25, 0.3) is 0 Å². The number of carbonyl (C=O) groups is 1. The molecule has 1 N–H and O–H groups in total. The van der Waals surface area contributed by atoms with E-state index in [4.69, 9.17) is 0 Å². The first-order valence-electron chi connectivity index (χ1n) is 10.4. The Morgan fingerprint density at radius 3 is 2.53 bits per heavy atom. The zero-order valence-electron chi connectivity index (χ0n) is 17.9. The Morgan fingerprint density at radius 1 is 1.20 bits per heavy atom. The topological polar surface area (TPSA) is 78.7 Å². The Labute approximate surface area is 177 Å². The maximum Gasteiger partial charge on any atom is 0.270 e. The summed E-state index contributed by atoms with van der Waals surface area (Å²) in [6.45, 7) is 5.93. The van der Waals surface area contributed by atoms with Gasteiger partial charge in [-0.25, -0.2) is 0 Å². The van der Waals surface area contributed by atoms with Gasteiger partial charge in [0, 0.05) is 51.5 Å². The fourth-order valence-electron chi connectivity index (χ4n) is 3.94. The number of anilines is 1. The first kappa shape index (κ1) is 21.8. The highest BCUT2D eigenvalue weighted by molar-refractivity contribution is 6.00. The molecule has 1 aliphatic heterocycles. The van der Waals surface area contributed by atoms with Crippen molar-refractivity contribution in [1.29, 1.82) is 0 Å². The number of likely N-dealkylation sites (tertiary alicyclic amines) is 1. The van der Waals surface area contributed by atoms with Gasteiger partial charge < -0.3 is 10.2 Å². The van der Waals surface area contributed by atoms with Gasteiger partial charge in [0.1, 0.15) is 0 Å². The van der Waals surface area contributed by atoms with Crippen molar-refractivity contribution in [3.8, 4) is 0 Å². The number of rotatable bonds is 7. The molecule has 3 rings (SSSR count). The van der Waals surface area contributed by atoms with Gasteiger partial charge in [-0.05, 0) is 42.5 Å². The monoisotopic (exact) mass is 410 g/mol. The van der Waals surface area contributed by atoms with Crippen LogP contribution in [0.3, 0.4) is 0 Å². The van der Waals surface area contributed by atoms with Crippen LogP contribution < -0.4 is 10.2 Å². The van der Waals surface area contributed by atoms with Gasteiger partial charge in [0.25, 0.3) is 11.6 Å². The molecule has 0 saturated carbocycles. The molecular formula is C23H30N4O3. The first-order chi connectivity index (χ1) is 14.3. The molecule has 0 bridgehead atoms. The average molecular weight is 411 g/mol. The molecule has 0 aromatic heterocycles. The molecule has 0 aliphatic carbocycles. The van der Waals surface area contributed by atoms with Crippen molar-refractivity contribution in [1.82, 2.24) is 10.2 Å². The summed E-state index contributed by atoms with van der Waals surface area (Å²) in [4.78, 5) is 27.6. The summed E-state index contributed by atoms with van der Waals surface area (Å²) >= 11 is 0. The fourth-order valence-corrected chi connectivity index (χ4v) is 3.94. The van der Waals surface area contributed by atoms with Gasteiger partial charge in [0.05, 0.1) is 10.5 Å². The average Bonchev–Trinajstić information content (AvgIpc) is 2.72. The minimum atomic E-state index is -0.488. The second-order valence-electron chi connectivity index (χ2n) is 8.33. The molecule has 1 atom stereocenters. The van der Waals surface area contributed by atoms with E-state index in [-0.39, 0.29) is 11.6 Å². The second kappa shape index (κ2) is 9.71. The third-order valence-corrected chi connectivity index (χ3v) is 5.54. The lowest BCUT2D eigenvalue weighted by atomic mass is 9.99. The zero-order chi connectivity index (χ0) is 21.7. The summed E-state index contributed by atoms with van der Waals surface area (Å²) in [5.74, 6) is 0.433. The zero-order valence-corrected chi connectivity index (χ0v) is 17.9. The fraction of sp³-hybridized carbons (Fsp3) is 0.435. The van der Waals surface area contributed by atoms with Crippen LogP contribution in [-0.4, -0.2) is 42.9 Å². The Morgan fingerprint density at radius 2 is 1.90 bits per heavy atom. The van der Waals surface area contributed by atoms with Crippen LogP contribution in [0.4, 0.5) is 11.4 Å². The number of benzene rings is 2. The first-order valence-corrected chi connectivity index (χ1v) is 10.4. The third-order valence-electron chi connectivity index (χ3n) is 5.54. The number of nitro groups is 1. The van der Waals surface area contributed by atoms with E-state index >= 15 is 0 Å². The quantitative estimate of drug-likeness (QED) is 0.554. The lowest BCUT2D eigenvalue weighted by Crippen LogP contribution is -2.33. The summed E-state index contributed by atoms with van der Waals surface area (Å²) in [6, 6.07) is 12.6. The van der Waals surface area contributed by atoms with Crippen LogP contribution in [-0.2, 0) is 13.1 Å². The van der Waals surface area contributed by atoms with E-state index in [0.717, 1.165) is 31.1 Å². The molecule has 7 heteroatoms. The highest BCUT2D eigenvalue weighted by Crippen LogP contribution is 2.24. The van der Waals surface area contributed by atoms with E-state index in [1.165, 1.54) is 30.5 Å². The Hall–Kier alpha value is -2.93. The number of carbonyl (C=O) groups excluding carboxylic acids is 1. The molecule has 1 aliphatic rings. The van der Waals surface area contributed by atoms with Crippen molar-refractivity contribution in [2.24, 2.45) is 5.92 Å². The number of nitro benzene ring substituents is 1. The van der Waals surface area contributed by atoms with E-state index in [9.17, 15) is 14.9 Å². The van der Waals surface area contributed by atoms with Crippen molar-refractivity contribution in [2.75, 3.05) is 32.1 Å². The smallest absolute Gasteiger partial charge is 0.270 e.